The van der Waals surface area contributed by atoms with E-state index in [-0.39, 0.29) is 18.5 Å². The van der Waals surface area contributed by atoms with Crippen molar-refractivity contribution in [3.8, 4) is 5.88 Å². The molecular formula is C17H23N5O2S2. The third-order valence-electron chi connectivity index (χ3n) is 4.89. The second kappa shape index (κ2) is 7.24. The third-order valence-corrected chi connectivity index (χ3v) is 7.04. The molecule has 0 spiro atoms. The average Bonchev–Trinajstić information content (AvgIpc) is 3.28. The average molecular weight is 394 g/mol. The SMILES string of the molecule is Cc1nc2sc([C@H](c3sccc3C)N3CCN(CCO)CC3)c(O)n2n1. The molecule has 0 saturated carbocycles. The maximum atomic E-state index is 10.8. The van der Waals surface area contributed by atoms with Gasteiger partial charge in [0.05, 0.1) is 17.5 Å². The summed E-state index contributed by atoms with van der Waals surface area (Å²) in [4.78, 5) is 12.0. The normalized spacial score (nSPS) is 18.0. The van der Waals surface area contributed by atoms with Crippen molar-refractivity contribution in [2.45, 2.75) is 19.9 Å². The zero-order chi connectivity index (χ0) is 18.3. The summed E-state index contributed by atoms with van der Waals surface area (Å²) in [5.74, 6) is 0.862. The first-order valence-electron chi connectivity index (χ1n) is 8.74. The molecule has 140 valence electrons. The van der Waals surface area contributed by atoms with Gasteiger partial charge < -0.3 is 10.2 Å². The lowest BCUT2D eigenvalue weighted by molar-refractivity contribution is 0.0953. The number of piperazine rings is 1. The Bertz CT molecular complexity index is 894. The van der Waals surface area contributed by atoms with E-state index < -0.39 is 0 Å². The van der Waals surface area contributed by atoms with E-state index in [1.165, 1.54) is 21.8 Å². The molecule has 26 heavy (non-hydrogen) atoms. The molecule has 0 amide bonds. The Morgan fingerprint density at radius 2 is 1.96 bits per heavy atom. The van der Waals surface area contributed by atoms with Crippen LogP contribution in [-0.4, -0.2) is 73.9 Å². The first-order chi connectivity index (χ1) is 12.6. The van der Waals surface area contributed by atoms with Crippen molar-refractivity contribution < 1.29 is 10.2 Å². The standard InChI is InChI=1S/C17H23N5O2S2/c1-11-3-10-25-14(11)13(21-6-4-20(5-7-21)8-9-23)15-16(24)22-17(26-15)18-12(2)19-22/h3,10,13,23-24H,4-9H2,1-2H3/t13-/m0/s1. The molecule has 2 N–H and O–H groups in total. The molecule has 1 aliphatic rings. The molecule has 0 radical (unpaired) electrons. The lowest BCUT2D eigenvalue weighted by atomic mass is 10.1. The number of thiazole rings is 1. The minimum Gasteiger partial charge on any atom is -0.492 e. The minimum absolute atomic E-state index is 0.0140. The predicted octanol–water partition coefficient (Wildman–Crippen LogP) is 1.87. The van der Waals surface area contributed by atoms with Gasteiger partial charge in [-0.05, 0) is 30.9 Å². The molecule has 1 fully saturated rings. The number of aliphatic hydroxyl groups is 1. The molecule has 0 aliphatic carbocycles. The fourth-order valence-electron chi connectivity index (χ4n) is 3.53. The molecule has 3 aromatic rings. The van der Waals surface area contributed by atoms with Crippen molar-refractivity contribution in [1.29, 1.82) is 0 Å². The van der Waals surface area contributed by atoms with Gasteiger partial charge in [0.15, 0.2) is 0 Å². The first kappa shape index (κ1) is 17.9. The van der Waals surface area contributed by atoms with E-state index in [0.29, 0.717) is 5.82 Å². The second-order valence-corrected chi connectivity index (χ2v) is 8.57. The van der Waals surface area contributed by atoms with Gasteiger partial charge in [-0.1, -0.05) is 11.3 Å². The van der Waals surface area contributed by atoms with Gasteiger partial charge in [0, 0.05) is 37.6 Å². The molecule has 3 aromatic heterocycles. The number of aryl methyl sites for hydroxylation is 2. The van der Waals surface area contributed by atoms with Crippen LogP contribution in [0.15, 0.2) is 11.4 Å². The van der Waals surface area contributed by atoms with Crippen molar-refractivity contribution in [2.24, 2.45) is 0 Å². The lowest BCUT2D eigenvalue weighted by Crippen LogP contribution is -2.48. The maximum Gasteiger partial charge on any atom is 0.230 e. The van der Waals surface area contributed by atoms with Crippen molar-refractivity contribution in [1.82, 2.24) is 24.4 Å². The molecule has 4 heterocycles. The van der Waals surface area contributed by atoms with E-state index in [9.17, 15) is 10.2 Å². The maximum absolute atomic E-state index is 10.8. The third kappa shape index (κ3) is 3.14. The van der Waals surface area contributed by atoms with Gasteiger partial charge in [-0.25, -0.2) is 4.98 Å². The van der Waals surface area contributed by atoms with Gasteiger partial charge in [-0.15, -0.1) is 16.4 Å². The van der Waals surface area contributed by atoms with E-state index >= 15 is 0 Å². The van der Waals surface area contributed by atoms with E-state index in [1.807, 2.05) is 6.92 Å². The molecule has 0 bridgehead atoms. The van der Waals surface area contributed by atoms with Crippen LogP contribution in [0, 0.1) is 13.8 Å². The lowest BCUT2D eigenvalue weighted by Gasteiger charge is -2.38. The molecule has 1 aliphatic heterocycles. The van der Waals surface area contributed by atoms with Crippen LogP contribution >= 0.6 is 22.7 Å². The number of hydrogen-bond acceptors (Lipinski definition) is 8. The highest BCUT2D eigenvalue weighted by atomic mass is 32.1. The Labute approximate surface area is 160 Å². The molecule has 7 nitrogen and oxygen atoms in total. The quantitative estimate of drug-likeness (QED) is 0.689. The van der Waals surface area contributed by atoms with Crippen LogP contribution < -0.4 is 0 Å². The predicted molar refractivity (Wildman–Crippen MR) is 103 cm³/mol. The molecular weight excluding hydrogens is 370 g/mol. The fraction of sp³-hybridized carbons (Fsp3) is 0.529. The summed E-state index contributed by atoms with van der Waals surface area (Å²) in [7, 11) is 0. The Morgan fingerprint density at radius 1 is 1.19 bits per heavy atom. The Balaban J connectivity index is 1.71. The van der Waals surface area contributed by atoms with Crippen molar-refractivity contribution in [3.05, 3.63) is 32.6 Å². The van der Waals surface area contributed by atoms with Gasteiger partial charge >= 0.3 is 0 Å². The molecule has 0 aromatic carbocycles. The zero-order valence-corrected chi connectivity index (χ0v) is 16.6. The molecule has 1 saturated heterocycles. The van der Waals surface area contributed by atoms with Crippen LogP contribution in [0.2, 0.25) is 0 Å². The Morgan fingerprint density at radius 3 is 2.58 bits per heavy atom. The van der Waals surface area contributed by atoms with Crippen LogP contribution in [0.4, 0.5) is 0 Å². The number of aromatic nitrogens is 3. The number of aromatic hydroxyl groups is 1. The summed E-state index contributed by atoms with van der Waals surface area (Å²) < 4.78 is 1.55. The topological polar surface area (TPSA) is 77.1 Å². The van der Waals surface area contributed by atoms with Gasteiger partial charge in [0.25, 0.3) is 0 Å². The van der Waals surface area contributed by atoms with E-state index in [4.69, 9.17) is 0 Å². The van der Waals surface area contributed by atoms with Crippen molar-refractivity contribution in [2.75, 3.05) is 39.3 Å². The number of thiophene rings is 1. The molecule has 1 atom stereocenters. The molecule has 4 rings (SSSR count). The monoisotopic (exact) mass is 393 g/mol. The molecule has 0 unspecified atom stereocenters. The van der Waals surface area contributed by atoms with E-state index in [0.717, 1.165) is 42.6 Å². The van der Waals surface area contributed by atoms with Gasteiger partial charge in [-0.3, -0.25) is 9.80 Å². The van der Waals surface area contributed by atoms with Crippen LogP contribution in [-0.2, 0) is 0 Å². The highest BCUT2D eigenvalue weighted by Crippen LogP contribution is 2.42. The van der Waals surface area contributed by atoms with Crippen molar-refractivity contribution >= 4 is 27.6 Å². The summed E-state index contributed by atoms with van der Waals surface area (Å²) >= 11 is 3.25. The van der Waals surface area contributed by atoms with Gasteiger partial charge in [-0.2, -0.15) is 4.52 Å². The largest absolute Gasteiger partial charge is 0.492 e. The fourth-order valence-corrected chi connectivity index (χ4v) is 5.82. The Hall–Kier alpha value is -1.52. The van der Waals surface area contributed by atoms with Crippen LogP contribution in [0.5, 0.6) is 5.88 Å². The minimum atomic E-state index is 0.0140. The smallest absolute Gasteiger partial charge is 0.230 e. The summed E-state index contributed by atoms with van der Waals surface area (Å²) in [5.41, 5.74) is 1.24. The van der Waals surface area contributed by atoms with Crippen LogP contribution in [0.25, 0.3) is 4.96 Å². The van der Waals surface area contributed by atoms with Crippen molar-refractivity contribution in [3.63, 3.8) is 0 Å². The molecule has 9 heteroatoms. The number of aliphatic hydroxyl groups excluding tert-OH is 1. The summed E-state index contributed by atoms with van der Waals surface area (Å²) in [6, 6.07) is 2.15. The highest BCUT2D eigenvalue weighted by molar-refractivity contribution is 7.17. The summed E-state index contributed by atoms with van der Waals surface area (Å²) in [6.45, 7) is 8.50. The summed E-state index contributed by atoms with van der Waals surface area (Å²) in [5, 5.41) is 26.4. The van der Waals surface area contributed by atoms with Gasteiger partial charge in [0.1, 0.15) is 5.82 Å². The highest BCUT2D eigenvalue weighted by Gasteiger charge is 2.33. The first-order valence-corrected chi connectivity index (χ1v) is 10.4. The van der Waals surface area contributed by atoms with E-state index in [2.05, 4.69) is 38.3 Å². The van der Waals surface area contributed by atoms with Crippen LogP contribution in [0.1, 0.15) is 27.2 Å². The van der Waals surface area contributed by atoms with E-state index in [1.54, 1.807) is 15.9 Å². The second-order valence-electron chi connectivity index (χ2n) is 6.61. The summed E-state index contributed by atoms with van der Waals surface area (Å²) in [6.07, 6.45) is 0. The van der Waals surface area contributed by atoms with Crippen LogP contribution in [0.3, 0.4) is 0 Å². The Kier molecular flexibility index (Phi) is 4.98. The number of fused-ring (bicyclic) bond motifs is 1. The number of rotatable bonds is 5. The number of β-amino-alcohol motifs (C(OH)–C–C–N with tert-alkyl or cyclic N) is 1. The number of nitrogens with zero attached hydrogens (tertiary/aromatic N) is 5. The number of hydrogen-bond donors (Lipinski definition) is 2. The zero-order valence-electron chi connectivity index (χ0n) is 14.9. The van der Waals surface area contributed by atoms with Gasteiger partial charge in [0.2, 0.25) is 10.8 Å².